The van der Waals surface area contributed by atoms with Crippen LogP contribution in [0.4, 0.5) is 5.69 Å². The van der Waals surface area contributed by atoms with E-state index in [2.05, 4.69) is 5.32 Å². The number of carbonyl (C=O) groups excluding carboxylic acids is 2. The molecule has 32 heavy (non-hydrogen) atoms. The molecular formula is C24H25Cl3N2O3. The zero-order valence-corrected chi connectivity index (χ0v) is 20.1. The summed E-state index contributed by atoms with van der Waals surface area (Å²) in [4.78, 5) is 28.2. The van der Waals surface area contributed by atoms with Gasteiger partial charge in [-0.25, -0.2) is 0 Å². The number of hydrogen-bond donors (Lipinski definition) is 1. The molecule has 8 heteroatoms. The van der Waals surface area contributed by atoms with Gasteiger partial charge in [-0.3, -0.25) is 14.5 Å². The van der Waals surface area contributed by atoms with Crippen molar-refractivity contribution in [2.45, 2.75) is 50.1 Å². The third-order valence-corrected chi connectivity index (χ3v) is 7.33. The van der Waals surface area contributed by atoms with Crippen molar-refractivity contribution in [3.05, 3.63) is 57.6 Å². The van der Waals surface area contributed by atoms with Crippen molar-refractivity contribution in [1.82, 2.24) is 5.32 Å². The van der Waals surface area contributed by atoms with Crippen LogP contribution in [-0.4, -0.2) is 30.8 Å². The van der Waals surface area contributed by atoms with Gasteiger partial charge in [0.1, 0.15) is 17.7 Å². The summed E-state index contributed by atoms with van der Waals surface area (Å²) >= 11 is 18.9. The van der Waals surface area contributed by atoms with Gasteiger partial charge in [0.05, 0.1) is 17.8 Å². The molecule has 1 fully saturated rings. The van der Waals surface area contributed by atoms with E-state index in [0.29, 0.717) is 22.3 Å². The average molecular weight is 496 g/mol. The van der Waals surface area contributed by atoms with Crippen molar-refractivity contribution < 1.29 is 14.3 Å². The van der Waals surface area contributed by atoms with Crippen LogP contribution in [0.2, 0.25) is 10.0 Å². The Morgan fingerprint density at radius 3 is 2.44 bits per heavy atom. The number of halogens is 3. The minimum absolute atomic E-state index is 0.218. The normalized spacial score (nSPS) is 19.0. The Bertz CT molecular complexity index is 1020. The highest BCUT2D eigenvalue weighted by atomic mass is 35.5. The van der Waals surface area contributed by atoms with E-state index in [-0.39, 0.29) is 17.7 Å². The molecule has 170 valence electrons. The van der Waals surface area contributed by atoms with Crippen LogP contribution in [0.15, 0.2) is 36.4 Å². The number of ether oxygens (including phenoxy) is 1. The van der Waals surface area contributed by atoms with Gasteiger partial charge in [0, 0.05) is 17.0 Å². The molecule has 2 aromatic carbocycles. The van der Waals surface area contributed by atoms with Crippen LogP contribution in [-0.2, 0) is 21.5 Å². The maximum absolute atomic E-state index is 13.7. The number of rotatable bonds is 5. The molecule has 1 atom stereocenters. The van der Waals surface area contributed by atoms with Gasteiger partial charge in [-0.15, -0.1) is 11.6 Å². The van der Waals surface area contributed by atoms with Crippen LogP contribution in [0.25, 0.3) is 0 Å². The monoisotopic (exact) mass is 494 g/mol. The first kappa shape index (κ1) is 23.2. The number of amides is 2. The molecule has 5 nitrogen and oxygen atoms in total. The van der Waals surface area contributed by atoms with Crippen LogP contribution in [0.5, 0.6) is 5.75 Å². The minimum atomic E-state index is -0.724. The molecule has 1 aliphatic heterocycles. The van der Waals surface area contributed by atoms with Crippen LogP contribution in [0, 0.1) is 0 Å². The van der Waals surface area contributed by atoms with Crippen LogP contribution >= 0.6 is 34.8 Å². The zero-order chi connectivity index (χ0) is 22.9. The number of nitrogens with one attached hydrogen (secondary N) is 1. The summed E-state index contributed by atoms with van der Waals surface area (Å²) in [6.45, 7) is 0.336. The SMILES string of the molecule is COc1ccc(CNC(=O)C2N(C(=O)CCl)c3c(Cl)cc(Cl)cc3C23CCCCC3)cc1. The number of fused-ring (bicyclic) bond motifs is 2. The molecule has 1 saturated carbocycles. The summed E-state index contributed by atoms with van der Waals surface area (Å²) in [6, 6.07) is 10.2. The Labute approximate surface area is 203 Å². The van der Waals surface area contributed by atoms with E-state index in [0.717, 1.165) is 49.0 Å². The van der Waals surface area contributed by atoms with E-state index in [1.54, 1.807) is 13.2 Å². The number of hydrogen-bond acceptors (Lipinski definition) is 3. The van der Waals surface area contributed by atoms with Gasteiger partial charge >= 0.3 is 0 Å². The van der Waals surface area contributed by atoms with E-state index in [1.807, 2.05) is 30.3 Å². The van der Waals surface area contributed by atoms with E-state index < -0.39 is 11.5 Å². The Hall–Kier alpha value is -1.95. The molecule has 1 spiro atoms. The van der Waals surface area contributed by atoms with Gasteiger partial charge in [0.2, 0.25) is 11.8 Å². The molecule has 0 saturated heterocycles. The third-order valence-electron chi connectivity index (χ3n) is 6.59. The van der Waals surface area contributed by atoms with Crippen LogP contribution in [0.3, 0.4) is 0 Å². The fourth-order valence-electron chi connectivity index (χ4n) is 5.17. The number of carbonyl (C=O) groups is 2. The Morgan fingerprint density at radius 2 is 1.81 bits per heavy atom. The Kier molecular flexibility index (Phi) is 6.89. The maximum Gasteiger partial charge on any atom is 0.244 e. The van der Waals surface area contributed by atoms with E-state index >= 15 is 0 Å². The first-order chi connectivity index (χ1) is 15.4. The predicted molar refractivity (Wildman–Crippen MR) is 128 cm³/mol. The lowest BCUT2D eigenvalue weighted by Gasteiger charge is -2.40. The smallest absolute Gasteiger partial charge is 0.244 e. The number of methoxy groups -OCH3 is 1. The summed E-state index contributed by atoms with van der Waals surface area (Å²) < 4.78 is 5.19. The van der Waals surface area contributed by atoms with Crippen molar-refractivity contribution in [2.75, 3.05) is 17.9 Å². The van der Waals surface area contributed by atoms with Crippen LogP contribution in [0.1, 0.15) is 43.2 Å². The fourth-order valence-corrected chi connectivity index (χ4v) is 5.88. The lowest BCUT2D eigenvalue weighted by atomic mass is 9.66. The molecule has 2 aromatic rings. The molecule has 0 aromatic heterocycles. The first-order valence-electron chi connectivity index (χ1n) is 10.7. The van der Waals surface area contributed by atoms with Crippen molar-refractivity contribution in [3.63, 3.8) is 0 Å². The van der Waals surface area contributed by atoms with Gasteiger partial charge < -0.3 is 10.1 Å². The molecular weight excluding hydrogens is 471 g/mol. The number of alkyl halides is 1. The molecule has 1 unspecified atom stereocenters. The number of nitrogens with zero attached hydrogens (tertiary/aromatic N) is 1. The third kappa shape index (κ3) is 4.07. The summed E-state index contributed by atoms with van der Waals surface area (Å²) in [6.07, 6.45) is 4.59. The lowest BCUT2D eigenvalue weighted by Crippen LogP contribution is -2.57. The fraction of sp³-hybridized carbons (Fsp3) is 0.417. The second-order valence-corrected chi connectivity index (χ2v) is 9.48. The molecule has 2 amide bonds. The molecule has 1 N–H and O–H groups in total. The van der Waals surface area contributed by atoms with Crippen LogP contribution < -0.4 is 15.0 Å². The summed E-state index contributed by atoms with van der Waals surface area (Å²) in [5.41, 5.74) is 1.84. The van der Waals surface area contributed by atoms with Gasteiger partial charge in [0.25, 0.3) is 0 Å². The second-order valence-electron chi connectivity index (χ2n) is 8.37. The lowest BCUT2D eigenvalue weighted by molar-refractivity contribution is -0.127. The standard InChI is InChI=1S/C24H25Cl3N2O3/c1-32-17-7-5-15(6-8-17)14-28-23(31)22-24(9-3-2-4-10-24)18-11-16(26)12-19(27)21(18)29(22)20(30)13-25/h5-8,11-12,22H,2-4,9-10,13-14H2,1H3,(H,28,31). The highest BCUT2D eigenvalue weighted by molar-refractivity contribution is 6.38. The summed E-state index contributed by atoms with van der Waals surface area (Å²) in [5, 5.41) is 3.89. The second kappa shape index (κ2) is 9.50. The number of benzene rings is 2. The average Bonchev–Trinajstić information content (AvgIpc) is 3.07. The van der Waals surface area contributed by atoms with E-state index in [9.17, 15) is 9.59 Å². The first-order valence-corrected chi connectivity index (χ1v) is 12.0. The molecule has 0 bridgehead atoms. The largest absolute Gasteiger partial charge is 0.497 e. The van der Waals surface area contributed by atoms with Gasteiger partial charge in [-0.1, -0.05) is 54.6 Å². The van der Waals surface area contributed by atoms with Crippen molar-refractivity contribution in [1.29, 1.82) is 0 Å². The molecule has 2 aliphatic rings. The minimum Gasteiger partial charge on any atom is -0.497 e. The van der Waals surface area contributed by atoms with Crippen molar-refractivity contribution >= 4 is 52.3 Å². The topological polar surface area (TPSA) is 58.6 Å². The molecule has 1 heterocycles. The molecule has 1 aliphatic carbocycles. The Balaban J connectivity index is 1.72. The van der Waals surface area contributed by atoms with E-state index in [4.69, 9.17) is 39.5 Å². The molecule has 4 rings (SSSR count). The Morgan fingerprint density at radius 1 is 1.12 bits per heavy atom. The highest BCUT2D eigenvalue weighted by Gasteiger charge is 2.56. The molecule has 0 radical (unpaired) electrons. The summed E-state index contributed by atoms with van der Waals surface area (Å²) in [7, 11) is 1.61. The predicted octanol–water partition coefficient (Wildman–Crippen LogP) is 5.47. The quantitative estimate of drug-likeness (QED) is 0.559. The highest BCUT2D eigenvalue weighted by Crippen LogP contribution is 2.56. The van der Waals surface area contributed by atoms with Gasteiger partial charge in [0.15, 0.2) is 0 Å². The van der Waals surface area contributed by atoms with Crippen molar-refractivity contribution in [3.8, 4) is 5.75 Å². The van der Waals surface area contributed by atoms with Gasteiger partial charge in [-0.2, -0.15) is 0 Å². The zero-order valence-electron chi connectivity index (χ0n) is 17.8. The maximum atomic E-state index is 13.7. The van der Waals surface area contributed by atoms with E-state index in [1.165, 1.54) is 4.90 Å². The van der Waals surface area contributed by atoms with Gasteiger partial charge in [-0.05, 0) is 48.2 Å². The van der Waals surface area contributed by atoms with Crippen molar-refractivity contribution in [2.24, 2.45) is 0 Å². The summed E-state index contributed by atoms with van der Waals surface area (Å²) in [5.74, 6) is -0.0526. The number of anilines is 1.